The Morgan fingerprint density at radius 3 is 2.40 bits per heavy atom. The van der Waals surface area contributed by atoms with Crippen molar-refractivity contribution in [2.75, 3.05) is 0 Å². The van der Waals surface area contributed by atoms with Gasteiger partial charge in [0, 0.05) is 17.1 Å². The maximum atomic E-state index is 11.0. The SMILES string of the molecule is CC.CC.CC(=O)[C@@H](N)CCc1c[nH]c2ccccc12. The molecule has 112 valence electrons. The number of aromatic nitrogens is 1. The molecule has 20 heavy (non-hydrogen) atoms. The average Bonchev–Trinajstić information content (AvgIpc) is 2.92. The van der Waals surface area contributed by atoms with Crippen LogP contribution in [0.1, 0.15) is 46.6 Å². The molecule has 1 atom stereocenters. The van der Waals surface area contributed by atoms with Gasteiger partial charge in [-0.1, -0.05) is 45.9 Å². The first-order chi connectivity index (χ1) is 9.68. The van der Waals surface area contributed by atoms with Crippen LogP contribution in [0.15, 0.2) is 30.5 Å². The number of hydrogen-bond acceptors (Lipinski definition) is 2. The van der Waals surface area contributed by atoms with Gasteiger partial charge in [-0.2, -0.15) is 0 Å². The molecule has 0 fully saturated rings. The van der Waals surface area contributed by atoms with E-state index in [0.29, 0.717) is 6.42 Å². The molecule has 3 nitrogen and oxygen atoms in total. The number of carbonyl (C=O) groups excluding carboxylic acids is 1. The van der Waals surface area contributed by atoms with Crippen molar-refractivity contribution < 1.29 is 4.79 Å². The number of aromatic amines is 1. The second kappa shape index (κ2) is 10.2. The first-order valence-corrected chi connectivity index (χ1v) is 7.49. The highest BCUT2D eigenvalue weighted by molar-refractivity contribution is 5.83. The summed E-state index contributed by atoms with van der Waals surface area (Å²) in [5.41, 5.74) is 8.08. The molecule has 3 heteroatoms. The number of nitrogens with one attached hydrogen (secondary N) is 1. The number of benzene rings is 1. The molecule has 0 bridgehead atoms. The maximum Gasteiger partial charge on any atom is 0.146 e. The minimum absolute atomic E-state index is 0.0554. The van der Waals surface area contributed by atoms with Crippen LogP contribution in [0, 0.1) is 0 Å². The van der Waals surface area contributed by atoms with Gasteiger partial charge in [-0.15, -0.1) is 0 Å². The van der Waals surface area contributed by atoms with Gasteiger partial charge in [0.15, 0.2) is 0 Å². The minimum Gasteiger partial charge on any atom is -0.361 e. The van der Waals surface area contributed by atoms with Gasteiger partial charge in [0.1, 0.15) is 5.78 Å². The standard InChI is InChI=1S/C13H16N2O.2C2H6/c1-9(16)12(14)7-6-10-8-15-13-5-3-2-4-11(10)13;2*1-2/h2-5,8,12,15H,6-7,14H2,1H3;2*1-2H3/t12-;;/m0../s1. The normalized spacial score (nSPS) is 10.9. The molecule has 0 aliphatic carbocycles. The highest BCUT2D eigenvalue weighted by Crippen LogP contribution is 2.19. The van der Waals surface area contributed by atoms with Gasteiger partial charge in [0.05, 0.1) is 6.04 Å². The number of ketones is 1. The van der Waals surface area contributed by atoms with Crippen LogP contribution in [-0.2, 0) is 11.2 Å². The molecule has 0 radical (unpaired) electrons. The maximum absolute atomic E-state index is 11.0. The van der Waals surface area contributed by atoms with Gasteiger partial charge in [-0.25, -0.2) is 0 Å². The molecule has 0 saturated heterocycles. The number of carbonyl (C=O) groups is 1. The number of hydrogen-bond donors (Lipinski definition) is 2. The topological polar surface area (TPSA) is 58.9 Å². The number of para-hydroxylation sites is 1. The molecule has 0 saturated carbocycles. The summed E-state index contributed by atoms with van der Waals surface area (Å²) in [6.45, 7) is 9.54. The molecule has 3 N–H and O–H groups in total. The Balaban J connectivity index is 0.000000829. The summed E-state index contributed by atoms with van der Waals surface area (Å²) in [5.74, 6) is 0.0554. The van der Waals surface area contributed by atoms with Crippen molar-refractivity contribution in [3.63, 3.8) is 0 Å². The Bertz CT molecular complexity index is 502. The summed E-state index contributed by atoms with van der Waals surface area (Å²) in [7, 11) is 0. The number of H-pyrrole nitrogens is 1. The summed E-state index contributed by atoms with van der Waals surface area (Å²) >= 11 is 0. The minimum atomic E-state index is -0.339. The molecular formula is C17H28N2O. The zero-order valence-electron chi connectivity index (χ0n) is 13.4. The zero-order chi connectivity index (χ0) is 15.5. The van der Waals surface area contributed by atoms with E-state index in [9.17, 15) is 4.79 Å². The van der Waals surface area contributed by atoms with Gasteiger partial charge in [-0.3, -0.25) is 4.79 Å². The van der Waals surface area contributed by atoms with Crippen LogP contribution >= 0.6 is 0 Å². The molecule has 2 rings (SSSR count). The van der Waals surface area contributed by atoms with Crippen LogP contribution in [0.3, 0.4) is 0 Å². The van der Waals surface area contributed by atoms with Crippen LogP contribution in [0.4, 0.5) is 0 Å². The molecule has 1 aromatic carbocycles. The Labute approximate surface area is 122 Å². The fourth-order valence-electron chi connectivity index (χ4n) is 1.85. The second-order valence-corrected chi connectivity index (χ2v) is 4.12. The van der Waals surface area contributed by atoms with E-state index in [1.165, 1.54) is 10.9 Å². The van der Waals surface area contributed by atoms with Gasteiger partial charge in [0.25, 0.3) is 0 Å². The van der Waals surface area contributed by atoms with Crippen molar-refractivity contribution in [2.24, 2.45) is 5.73 Å². The van der Waals surface area contributed by atoms with E-state index in [0.717, 1.165) is 11.9 Å². The first-order valence-electron chi connectivity index (χ1n) is 7.49. The van der Waals surface area contributed by atoms with Crippen LogP contribution in [0.5, 0.6) is 0 Å². The molecule has 2 aromatic rings. The number of nitrogens with two attached hydrogens (primary N) is 1. The number of rotatable bonds is 4. The fraction of sp³-hybridized carbons (Fsp3) is 0.471. The van der Waals surface area contributed by atoms with E-state index in [2.05, 4.69) is 11.1 Å². The van der Waals surface area contributed by atoms with E-state index in [1.807, 2.05) is 52.1 Å². The quantitative estimate of drug-likeness (QED) is 0.884. The lowest BCUT2D eigenvalue weighted by Crippen LogP contribution is -2.28. The van der Waals surface area contributed by atoms with Crippen molar-refractivity contribution in [1.82, 2.24) is 4.98 Å². The van der Waals surface area contributed by atoms with Crippen LogP contribution in [-0.4, -0.2) is 16.8 Å². The molecule has 0 aliphatic heterocycles. The predicted octanol–water partition coefficient (Wildman–Crippen LogP) is 4.07. The van der Waals surface area contributed by atoms with E-state index in [1.54, 1.807) is 6.92 Å². The van der Waals surface area contributed by atoms with Crippen molar-refractivity contribution in [3.05, 3.63) is 36.0 Å². The molecule has 0 unspecified atom stereocenters. The van der Waals surface area contributed by atoms with Gasteiger partial charge >= 0.3 is 0 Å². The van der Waals surface area contributed by atoms with Crippen LogP contribution in [0.25, 0.3) is 10.9 Å². The van der Waals surface area contributed by atoms with Gasteiger partial charge < -0.3 is 10.7 Å². The summed E-state index contributed by atoms with van der Waals surface area (Å²) in [6, 6.07) is 7.81. The third-order valence-electron chi connectivity index (χ3n) is 2.92. The average molecular weight is 276 g/mol. The highest BCUT2D eigenvalue weighted by Gasteiger charge is 2.09. The smallest absolute Gasteiger partial charge is 0.146 e. The molecule has 0 amide bonds. The molecule has 1 aromatic heterocycles. The summed E-state index contributed by atoms with van der Waals surface area (Å²) < 4.78 is 0. The first kappa shape index (κ1) is 18.4. The predicted molar refractivity (Wildman–Crippen MR) is 88.0 cm³/mol. The van der Waals surface area contributed by atoms with Crippen LogP contribution < -0.4 is 5.73 Å². The molecule has 0 aliphatic rings. The zero-order valence-corrected chi connectivity index (χ0v) is 13.4. The Kier molecular flexibility index (Phi) is 9.39. The van der Waals surface area contributed by atoms with E-state index in [-0.39, 0.29) is 11.8 Å². The van der Waals surface area contributed by atoms with Crippen molar-refractivity contribution in [3.8, 4) is 0 Å². The monoisotopic (exact) mass is 276 g/mol. The fourth-order valence-corrected chi connectivity index (χ4v) is 1.85. The molecule has 0 spiro atoms. The van der Waals surface area contributed by atoms with Crippen molar-refractivity contribution >= 4 is 16.7 Å². The third-order valence-corrected chi connectivity index (χ3v) is 2.92. The van der Waals surface area contributed by atoms with Crippen molar-refractivity contribution in [2.45, 2.75) is 53.5 Å². The van der Waals surface area contributed by atoms with Crippen molar-refractivity contribution in [1.29, 1.82) is 0 Å². The lowest BCUT2D eigenvalue weighted by atomic mass is 10.0. The summed E-state index contributed by atoms with van der Waals surface area (Å²) in [6.07, 6.45) is 3.54. The summed E-state index contributed by atoms with van der Waals surface area (Å²) in [4.78, 5) is 14.2. The van der Waals surface area contributed by atoms with Gasteiger partial charge in [-0.05, 0) is 31.4 Å². The molecular weight excluding hydrogens is 248 g/mol. The Morgan fingerprint density at radius 1 is 1.20 bits per heavy atom. The third kappa shape index (κ3) is 5.17. The van der Waals surface area contributed by atoms with E-state index in [4.69, 9.17) is 5.73 Å². The van der Waals surface area contributed by atoms with Crippen LogP contribution in [0.2, 0.25) is 0 Å². The largest absolute Gasteiger partial charge is 0.361 e. The highest BCUT2D eigenvalue weighted by atomic mass is 16.1. The number of aryl methyl sites for hydroxylation is 1. The number of fused-ring (bicyclic) bond motifs is 1. The number of Topliss-reactive ketones (excluding diaryl/α,β-unsaturated/α-hetero) is 1. The molecule has 1 heterocycles. The Hall–Kier alpha value is -1.61. The Morgan fingerprint density at radius 2 is 1.80 bits per heavy atom. The lowest BCUT2D eigenvalue weighted by Gasteiger charge is -2.06. The second-order valence-electron chi connectivity index (χ2n) is 4.12. The summed E-state index contributed by atoms with van der Waals surface area (Å²) in [5, 5.41) is 1.22. The van der Waals surface area contributed by atoms with Gasteiger partial charge in [0.2, 0.25) is 0 Å². The lowest BCUT2D eigenvalue weighted by molar-refractivity contribution is -0.118. The van der Waals surface area contributed by atoms with E-state index >= 15 is 0 Å². The van der Waals surface area contributed by atoms with E-state index < -0.39 is 0 Å².